The Labute approximate surface area is 116 Å². The Bertz CT molecular complexity index is 443. The molecule has 0 bridgehead atoms. The molecule has 1 atom stereocenters. The molecule has 0 aromatic heterocycles. The normalized spacial score (nSPS) is 14.1. The van der Waals surface area contributed by atoms with E-state index in [1.807, 2.05) is 25.7 Å². The van der Waals surface area contributed by atoms with Crippen LogP contribution in [0.15, 0.2) is 18.2 Å². The highest BCUT2D eigenvalue weighted by Crippen LogP contribution is 2.37. The summed E-state index contributed by atoms with van der Waals surface area (Å²) in [6.45, 7) is 6.25. The van der Waals surface area contributed by atoms with E-state index in [1.54, 1.807) is 0 Å². The number of rotatable bonds is 5. The third kappa shape index (κ3) is 3.70. The van der Waals surface area contributed by atoms with E-state index >= 15 is 0 Å². The molecule has 0 amide bonds. The van der Waals surface area contributed by atoms with Gasteiger partial charge in [-0.1, -0.05) is 13.0 Å². The molecule has 0 fully saturated rings. The van der Waals surface area contributed by atoms with Crippen LogP contribution >= 0.6 is 0 Å². The Morgan fingerprint density at radius 2 is 1.85 bits per heavy atom. The number of hydrogen-bond donors (Lipinski definition) is 1. The maximum Gasteiger partial charge on any atom is 0.416 e. The van der Waals surface area contributed by atoms with E-state index in [4.69, 9.17) is 5.73 Å². The van der Waals surface area contributed by atoms with Crippen molar-refractivity contribution < 1.29 is 17.6 Å². The van der Waals surface area contributed by atoms with Gasteiger partial charge in [0.25, 0.3) is 0 Å². The van der Waals surface area contributed by atoms with Crippen molar-refractivity contribution in [1.29, 1.82) is 0 Å². The number of halogens is 4. The van der Waals surface area contributed by atoms with Gasteiger partial charge in [-0.25, -0.2) is 4.39 Å². The van der Waals surface area contributed by atoms with Crippen molar-refractivity contribution in [2.45, 2.75) is 39.0 Å². The molecule has 2 N–H and O–H groups in total. The second-order valence-corrected chi connectivity index (χ2v) is 4.91. The Morgan fingerprint density at radius 1 is 1.25 bits per heavy atom. The van der Waals surface area contributed by atoms with Crippen LogP contribution in [-0.4, -0.2) is 24.0 Å². The number of benzene rings is 1. The molecule has 0 aliphatic rings. The molecule has 114 valence electrons. The SMILES string of the molecule is CCN(C(C)C)C(CN)c1ccc(F)cc1C(F)(F)F. The van der Waals surface area contributed by atoms with Crippen LogP contribution < -0.4 is 5.73 Å². The van der Waals surface area contributed by atoms with E-state index < -0.39 is 23.6 Å². The third-order valence-corrected chi connectivity index (χ3v) is 3.33. The zero-order valence-corrected chi connectivity index (χ0v) is 11.8. The third-order valence-electron chi connectivity index (χ3n) is 3.33. The van der Waals surface area contributed by atoms with Gasteiger partial charge in [0.05, 0.1) is 5.56 Å². The van der Waals surface area contributed by atoms with E-state index in [0.717, 1.165) is 6.07 Å². The van der Waals surface area contributed by atoms with Gasteiger partial charge in [0.1, 0.15) is 5.82 Å². The molecule has 1 aromatic rings. The second-order valence-electron chi connectivity index (χ2n) is 4.91. The summed E-state index contributed by atoms with van der Waals surface area (Å²) in [7, 11) is 0. The van der Waals surface area contributed by atoms with Gasteiger partial charge in [-0.15, -0.1) is 0 Å². The van der Waals surface area contributed by atoms with Crippen LogP contribution in [0.2, 0.25) is 0 Å². The van der Waals surface area contributed by atoms with Crippen molar-refractivity contribution >= 4 is 0 Å². The predicted molar refractivity (Wildman–Crippen MR) is 70.7 cm³/mol. The zero-order chi connectivity index (χ0) is 15.5. The summed E-state index contributed by atoms with van der Waals surface area (Å²) < 4.78 is 52.3. The fourth-order valence-electron chi connectivity index (χ4n) is 2.45. The standard InChI is InChI=1S/C14H20F4N2/c1-4-20(9(2)3)13(8-19)11-6-5-10(15)7-12(11)14(16,17)18/h5-7,9,13H,4,8,19H2,1-3H3. The van der Waals surface area contributed by atoms with Crippen LogP contribution in [0.3, 0.4) is 0 Å². The summed E-state index contributed by atoms with van der Waals surface area (Å²) in [5, 5.41) is 0. The number of likely N-dealkylation sites (N-methyl/N-ethyl adjacent to an activating group) is 1. The topological polar surface area (TPSA) is 29.3 Å². The van der Waals surface area contributed by atoms with Crippen LogP contribution in [0.4, 0.5) is 17.6 Å². The fraction of sp³-hybridized carbons (Fsp3) is 0.571. The minimum Gasteiger partial charge on any atom is -0.329 e. The summed E-state index contributed by atoms with van der Waals surface area (Å²) in [4.78, 5) is 1.86. The molecule has 0 saturated heterocycles. The maximum atomic E-state index is 13.1. The van der Waals surface area contributed by atoms with Gasteiger partial charge in [-0.2, -0.15) is 13.2 Å². The first-order valence-electron chi connectivity index (χ1n) is 6.54. The van der Waals surface area contributed by atoms with E-state index in [1.165, 1.54) is 6.07 Å². The minimum atomic E-state index is -4.60. The van der Waals surface area contributed by atoms with E-state index in [0.29, 0.717) is 12.6 Å². The lowest BCUT2D eigenvalue weighted by molar-refractivity contribution is -0.139. The lowest BCUT2D eigenvalue weighted by atomic mass is 9.97. The lowest BCUT2D eigenvalue weighted by Crippen LogP contribution is -2.39. The molecule has 0 aliphatic heterocycles. The first-order valence-corrected chi connectivity index (χ1v) is 6.54. The molecule has 0 saturated carbocycles. The molecule has 20 heavy (non-hydrogen) atoms. The average Bonchev–Trinajstić information content (AvgIpc) is 2.34. The van der Waals surface area contributed by atoms with Crippen LogP contribution in [0.5, 0.6) is 0 Å². The largest absolute Gasteiger partial charge is 0.416 e. The van der Waals surface area contributed by atoms with Gasteiger partial charge < -0.3 is 5.73 Å². The maximum absolute atomic E-state index is 13.1. The van der Waals surface area contributed by atoms with Gasteiger partial charge in [0, 0.05) is 18.6 Å². The number of nitrogens with zero attached hydrogens (tertiary/aromatic N) is 1. The van der Waals surface area contributed by atoms with E-state index in [-0.39, 0.29) is 18.2 Å². The first kappa shape index (κ1) is 16.9. The molecule has 1 rings (SSSR count). The van der Waals surface area contributed by atoms with Crippen molar-refractivity contribution in [2.24, 2.45) is 5.73 Å². The summed E-state index contributed by atoms with van der Waals surface area (Å²) in [5.74, 6) is -0.899. The van der Waals surface area contributed by atoms with Crippen molar-refractivity contribution in [3.05, 3.63) is 35.1 Å². The molecule has 0 spiro atoms. The average molecular weight is 292 g/mol. The molecule has 1 aromatic carbocycles. The Kier molecular flexibility index (Phi) is 5.53. The van der Waals surface area contributed by atoms with Gasteiger partial charge in [0.2, 0.25) is 0 Å². The van der Waals surface area contributed by atoms with Crippen molar-refractivity contribution in [3.63, 3.8) is 0 Å². The second kappa shape index (κ2) is 6.54. The highest BCUT2D eigenvalue weighted by atomic mass is 19.4. The van der Waals surface area contributed by atoms with Gasteiger partial charge >= 0.3 is 6.18 Å². The van der Waals surface area contributed by atoms with Gasteiger partial charge in [0.15, 0.2) is 0 Å². The van der Waals surface area contributed by atoms with Crippen molar-refractivity contribution in [1.82, 2.24) is 4.90 Å². The Hall–Kier alpha value is -1.14. The molecule has 2 nitrogen and oxygen atoms in total. The summed E-state index contributed by atoms with van der Waals surface area (Å²) in [5.41, 5.74) is 4.74. The zero-order valence-electron chi connectivity index (χ0n) is 11.8. The predicted octanol–water partition coefficient (Wildman–Crippen LogP) is 3.57. The molecule has 6 heteroatoms. The Morgan fingerprint density at radius 3 is 2.25 bits per heavy atom. The van der Waals surface area contributed by atoms with Crippen LogP contribution in [0.25, 0.3) is 0 Å². The van der Waals surface area contributed by atoms with Crippen LogP contribution in [-0.2, 0) is 6.18 Å². The number of nitrogens with two attached hydrogens (primary N) is 1. The van der Waals surface area contributed by atoms with Crippen molar-refractivity contribution in [2.75, 3.05) is 13.1 Å². The van der Waals surface area contributed by atoms with Crippen LogP contribution in [0, 0.1) is 5.82 Å². The minimum absolute atomic E-state index is 0.0250. The van der Waals surface area contributed by atoms with Gasteiger partial charge in [-0.05, 0) is 38.1 Å². The van der Waals surface area contributed by atoms with Crippen LogP contribution in [0.1, 0.15) is 37.9 Å². The number of alkyl halides is 3. The molecule has 0 aliphatic carbocycles. The summed E-state index contributed by atoms with van der Waals surface area (Å²) in [6, 6.07) is 2.21. The smallest absolute Gasteiger partial charge is 0.329 e. The number of hydrogen-bond acceptors (Lipinski definition) is 2. The molecule has 1 unspecified atom stereocenters. The van der Waals surface area contributed by atoms with E-state index in [9.17, 15) is 17.6 Å². The highest BCUT2D eigenvalue weighted by molar-refractivity contribution is 5.33. The molecular formula is C14H20F4N2. The molecule has 0 heterocycles. The Balaban J connectivity index is 3.35. The first-order chi connectivity index (χ1) is 9.22. The van der Waals surface area contributed by atoms with Gasteiger partial charge in [-0.3, -0.25) is 4.90 Å². The molecule has 0 radical (unpaired) electrons. The van der Waals surface area contributed by atoms with Crippen molar-refractivity contribution in [3.8, 4) is 0 Å². The monoisotopic (exact) mass is 292 g/mol. The molecular weight excluding hydrogens is 272 g/mol. The lowest BCUT2D eigenvalue weighted by Gasteiger charge is -2.34. The highest BCUT2D eigenvalue weighted by Gasteiger charge is 2.36. The summed E-state index contributed by atoms with van der Waals surface area (Å²) >= 11 is 0. The van der Waals surface area contributed by atoms with E-state index in [2.05, 4.69) is 0 Å². The summed E-state index contributed by atoms with van der Waals surface area (Å²) in [6.07, 6.45) is -4.60. The quantitative estimate of drug-likeness (QED) is 0.841. The fourth-order valence-corrected chi connectivity index (χ4v) is 2.45.